The van der Waals surface area contributed by atoms with E-state index in [-0.39, 0.29) is 5.91 Å². The van der Waals surface area contributed by atoms with Gasteiger partial charge in [0, 0.05) is 31.1 Å². The number of hydrogen-bond acceptors (Lipinski definition) is 4. The monoisotopic (exact) mass is 354 g/mol. The summed E-state index contributed by atoms with van der Waals surface area (Å²) in [7, 11) is -3.15. The summed E-state index contributed by atoms with van der Waals surface area (Å²) in [6.07, 6.45) is 3.91. The van der Waals surface area contributed by atoms with Gasteiger partial charge in [-0.2, -0.15) is 4.31 Å². The maximum Gasteiger partial charge on any atom is 0.227 e. The van der Waals surface area contributed by atoms with Gasteiger partial charge in [-0.3, -0.25) is 4.79 Å². The number of nitrogens with zero attached hydrogens (tertiary/aromatic N) is 2. The van der Waals surface area contributed by atoms with Gasteiger partial charge in [0.15, 0.2) is 0 Å². The lowest BCUT2D eigenvalue weighted by molar-refractivity contribution is -0.131. The van der Waals surface area contributed by atoms with Crippen molar-refractivity contribution < 1.29 is 13.2 Å². The van der Waals surface area contributed by atoms with Crippen LogP contribution in [0.3, 0.4) is 0 Å². The first-order valence-corrected chi connectivity index (χ1v) is 10.7. The number of thioether (sulfide) groups is 1. The molecule has 0 radical (unpaired) electrons. The number of amides is 1. The lowest BCUT2D eigenvalue weighted by Gasteiger charge is -2.33. The molecule has 23 heavy (non-hydrogen) atoms. The highest BCUT2D eigenvalue weighted by Crippen LogP contribution is 2.30. The SMILES string of the molecule is CS(=O)(=O)N1CCN(C(=O)Cc2ccc3c(c2)CCCS3)CC1. The van der Waals surface area contributed by atoms with Crippen LogP contribution in [0.5, 0.6) is 0 Å². The number of hydrogen-bond donors (Lipinski definition) is 0. The van der Waals surface area contributed by atoms with E-state index >= 15 is 0 Å². The molecule has 1 fully saturated rings. The van der Waals surface area contributed by atoms with Crippen LogP contribution in [-0.4, -0.2) is 61.7 Å². The van der Waals surface area contributed by atoms with Crippen molar-refractivity contribution in [1.82, 2.24) is 9.21 Å². The van der Waals surface area contributed by atoms with Gasteiger partial charge in [0.1, 0.15) is 0 Å². The molecule has 0 aromatic heterocycles. The summed E-state index contributed by atoms with van der Waals surface area (Å²) in [4.78, 5) is 15.6. The van der Waals surface area contributed by atoms with Crippen molar-refractivity contribution in [1.29, 1.82) is 0 Å². The summed E-state index contributed by atoms with van der Waals surface area (Å²) in [6.45, 7) is 1.75. The number of sulfonamides is 1. The number of aryl methyl sites for hydroxylation is 1. The van der Waals surface area contributed by atoms with Crippen molar-refractivity contribution in [2.24, 2.45) is 0 Å². The van der Waals surface area contributed by atoms with Crippen LogP contribution in [0.2, 0.25) is 0 Å². The highest BCUT2D eigenvalue weighted by Gasteiger charge is 2.26. The molecule has 3 rings (SSSR count). The molecule has 2 aliphatic rings. The Morgan fingerprint density at radius 2 is 1.96 bits per heavy atom. The van der Waals surface area contributed by atoms with Crippen LogP contribution in [0.15, 0.2) is 23.1 Å². The molecule has 0 spiro atoms. The van der Waals surface area contributed by atoms with E-state index in [1.165, 1.54) is 33.2 Å². The van der Waals surface area contributed by atoms with E-state index in [4.69, 9.17) is 0 Å². The summed E-state index contributed by atoms with van der Waals surface area (Å²) in [5.41, 5.74) is 2.41. The third-order valence-corrected chi connectivity index (χ3v) is 6.89. The zero-order valence-electron chi connectivity index (χ0n) is 13.3. The lowest BCUT2D eigenvalue weighted by Crippen LogP contribution is -2.50. The molecular weight excluding hydrogens is 332 g/mol. The number of carbonyl (C=O) groups is 1. The summed E-state index contributed by atoms with van der Waals surface area (Å²) in [5.74, 6) is 1.26. The minimum absolute atomic E-state index is 0.0848. The van der Waals surface area contributed by atoms with Gasteiger partial charge >= 0.3 is 0 Å². The molecule has 7 heteroatoms. The summed E-state index contributed by atoms with van der Waals surface area (Å²) < 4.78 is 24.5. The van der Waals surface area contributed by atoms with Gasteiger partial charge in [0.25, 0.3) is 0 Å². The summed E-state index contributed by atoms with van der Waals surface area (Å²) in [5, 5.41) is 0. The Balaban J connectivity index is 1.60. The smallest absolute Gasteiger partial charge is 0.227 e. The van der Waals surface area contributed by atoms with Gasteiger partial charge in [-0.05, 0) is 35.8 Å². The molecule has 2 aliphatic heterocycles. The second kappa shape index (κ2) is 6.83. The molecule has 1 amide bonds. The van der Waals surface area contributed by atoms with Crippen molar-refractivity contribution in [2.45, 2.75) is 24.2 Å². The van der Waals surface area contributed by atoms with E-state index in [0.717, 1.165) is 12.0 Å². The molecule has 0 atom stereocenters. The first-order valence-electron chi connectivity index (χ1n) is 7.91. The van der Waals surface area contributed by atoms with Crippen molar-refractivity contribution in [3.63, 3.8) is 0 Å². The Morgan fingerprint density at radius 3 is 2.65 bits per heavy atom. The van der Waals surface area contributed by atoms with Gasteiger partial charge in [-0.15, -0.1) is 11.8 Å². The Bertz CT molecular complexity index is 695. The molecule has 0 saturated carbocycles. The third kappa shape index (κ3) is 4.08. The minimum atomic E-state index is -3.15. The first-order chi connectivity index (χ1) is 10.9. The normalized spacial score (nSPS) is 19.4. The second-order valence-electron chi connectivity index (χ2n) is 6.11. The molecule has 5 nitrogen and oxygen atoms in total. The largest absolute Gasteiger partial charge is 0.340 e. The van der Waals surface area contributed by atoms with Crippen LogP contribution in [0, 0.1) is 0 Å². The standard InChI is InChI=1S/C16H22N2O3S2/c1-23(20,21)18-8-6-17(7-9-18)16(19)12-13-4-5-15-14(11-13)3-2-10-22-15/h4-5,11H,2-3,6-10,12H2,1H3. The average Bonchev–Trinajstić information content (AvgIpc) is 2.54. The van der Waals surface area contributed by atoms with Crippen LogP contribution in [0.4, 0.5) is 0 Å². The van der Waals surface area contributed by atoms with Crippen LogP contribution in [-0.2, 0) is 27.7 Å². The second-order valence-corrected chi connectivity index (χ2v) is 9.23. The van der Waals surface area contributed by atoms with E-state index in [2.05, 4.69) is 12.1 Å². The predicted octanol–water partition coefficient (Wildman–Crippen LogP) is 1.37. The number of carbonyl (C=O) groups excluding carboxylic acids is 1. The van der Waals surface area contributed by atoms with Crippen molar-refractivity contribution >= 4 is 27.7 Å². The van der Waals surface area contributed by atoms with E-state index < -0.39 is 10.0 Å². The number of piperazine rings is 1. The average molecular weight is 354 g/mol. The maximum atomic E-state index is 12.4. The molecule has 1 saturated heterocycles. The fraction of sp³-hybridized carbons (Fsp3) is 0.562. The highest BCUT2D eigenvalue weighted by atomic mass is 32.2. The summed E-state index contributed by atoms with van der Waals surface area (Å²) in [6, 6.07) is 6.33. The topological polar surface area (TPSA) is 57.7 Å². The molecule has 2 heterocycles. The van der Waals surface area contributed by atoms with Crippen molar-refractivity contribution in [2.75, 3.05) is 38.2 Å². The number of benzene rings is 1. The molecule has 0 bridgehead atoms. The van der Waals surface area contributed by atoms with E-state index in [1.54, 1.807) is 4.90 Å². The Labute approximate surface area is 142 Å². The van der Waals surface area contributed by atoms with Gasteiger partial charge in [-0.25, -0.2) is 8.42 Å². The Morgan fingerprint density at radius 1 is 1.22 bits per heavy atom. The number of fused-ring (bicyclic) bond motifs is 1. The van der Waals surface area contributed by atoms with Crippen molar-refractivity contribution in [3.8, 4) is 0 Å². The molecular formula is C16H22N2O3S2. The van der Waals surface area contributed by atoms with Crippen LogP contribution < -0.4 is 0 Å². The van der Waals surface area contributed by atoms with E-state index in [0.29, 0.717) is 32.6 Å². The zero-order valence-corrected chi connectivity index (χ0v) is 15.0. The fourth-order valence-corrected chi connectivity index (χ4v) is 4.93. The fourth-order valence-electron chi connectivity index (χ4n) is 3.08. The van der Waals surface area contributed by atoms with Gasteiger partial charge in [0.2, 0.25) is 15.9 Å². The third-order valence-electron chi connectivity index (χ3n) is 4.39. The van der Waals surface area contributed by atoms with E-state index in [9.17, 15) is 13.2 Å². The Kier molecular flexibility index (Phi) is 4.98. The molecule has 1 aromatic carbocycles. The first kappa shape index (κ1) is 16.8. The van der Waals surface area contributed by atoms with Gasteiger partial charge < -0.3 is 4.90 Å². The molecule has 0 unspecified atom stereocenters. The minimum Gasteiger partial charge on any atom is -0.340 e. The summed E-state index contributed by atoms with van der Waals surface area (Å²) >= 11 is 1.89. The number of rotatable bonds is 3. The van der Waals surface area contributed by atoms with Crippen LogP contribution in [0.25, 0.3) is 0 Å². The van der Waals surface area contributed by atoms with Gasteiger partial charge in [-0.1, -0.05) is 12.1 Å². The van der Waals surface area contributed by atoms with E-state index in [1.807, 2.05) is 17.8 Å². The molecule has 0 aliphatic carbocycles. The molecule has 0 N–H and O–H groups in total. The zero-order chi connectivity index (χ0) is 16.4. The van der Waals surface area contributed by atoms with Crippen molar-refractivity contribution in [3.05, 3.63) is 29.3 Å². The lowest BCUT2D eigenvalue weighted by atomic mass is 10.0. The Hall–Kier alpha value is -1.05. The highest BCUT2D eigenvalue weighted by molar-refractivity contribution is 7.99. The van der Waals surface area contributed by atoms with Crippen LogP contribution in [0.1, 0.15) is 17.5 Å². The molecule has 126 valence electrons. The van der Waals surface area contributed by atoms with Gasteiger partial charge in [0.05, 0.1) is 12.7 Å². The quantitative estimate of drug-likeness (QED) is 0.823. The predicted molar refractivity (Wildman–Crippen MR) is 92.2 cm³/mol. The van der Waals surface area contributed by atoms with Crippen LogP contribution >= 0.6 is 11.8 Å². The maximum absolute atomic E-state index is 12.4. The molecule has 1 aromatic rings.